The Morgan fingerprint density at radius 2 is 2.20 bits per heavy atom. The molecule has 0 aromatic carbocycles. The summed E-state index contributed by atoms with van der Waals surface area (Å²) in [6.07, 6.45) is 4.46. The van der Waals surface area contributed by atoms with Crippen LogP contribution in [0, 0.1) is 23.2 Å². The summed E-state index contributed by atoms with van der Waals surface area (Å²) in [6.45, 7) is 4.67. The molecule has 4 atom stereocenters. The smallest absolute Gasteiger partial charge is 0.320 e. The van der Waals surface area contributed by atoms with Crippen molar-refractivity contribution in [2.24, 2.45) is 28.9 Å². The van der Waals surface area contributed by atoms with Gasteiger partial charge in [0.15, 0.2) is 0 Å². The molecule has 0 radical (unpaired) electrons. The average molecular weight is 211 g/mol. The van der Waals surface area contributed by atoms with Gasteiger partial charge >= 0.3 is 5.97 Å². The third-order valence-electron chi connectivity index (χ3n) is 4.86. The van der Waals surface area contributed by atoms with E-state index in [4.69, 9.17) is 10.8 Å². The summed E-state index contributed by atoms with van der Waals surface area (Å²) in [6, 6.07) is -0.662. The van der Waals surface area contributed by atoms with E-state index in [-0.39, 0.29) is 0 Å². The van der Waals surface area contributed by atoms with E-state index >= 15 is 0 Å². The van der Waals surface area contributed by atoms with Crippen molar-refractivity contribution in [3.05, 3.63) is 0 Å². The van der Waals surface area contributed by atoms with E-state index in [1.165, 1.54) is 19.3 Å². The zero-order valence-corrected chi connectivity index (χ0v) is 9.57. The first-order valence-electron chi connectivity index (χ1n) is 5.91. The number of fused-ring (bicyclic) bond motifs is 2. The van der Waals surface area contributed by atoms with Gasteiger partial charge in [-0.25, -0.2) is 0 Å². The number of carboxylic acid groups (broad SMARTS) is 1. The maximum atomic E-state index is 10.7. The highest BCUT2D eigenvalue weighted by Crippen LogP contribution is 2.61. The molecule has 0 aliphatic heterocycles. The molecule has 2 aliphatic rings. The quantitative estimate of drug-likeness (QED) is 0.749. The lowest BCUT2D eigenvalue weighted by molar-refractivity contribution is -0.139. The molecule has 3 nitrogen and oxygen atoms in total. The Balaban J connectivity index is 2.00. The van der Waals surface area contributed by atoms with Crippen LogP contribution in [0.5, 0.6) is 0 Å². The lowest BCUT2D eigenvalue weighted by Gasteiger charge is -2.27. The van der Waals surface area contributed by atoms with E-state index < -0.39 is 12.0 Å². The molecule has 3 N–H and O–H groups in total. The second kappa shape index (κ2) is 3.48. The number of aliphatic carboxylic acids is 1. The van der Waals surface area contributed by atoms with Crippen molar-refractivity contribution < 1.29 is 9.90 Å². The molecule has 86 valence electrons. The van der Waals surface area contributed by atoms with Crippen LogP contribution in [0.4, 0.5) is 0 Å². The number of carboxylic acids is 1. The van der Waals surface area contributed by atoms with Gasteiger partial charge in [0.25, 0.3) is 0 Å². The first-order valence-corrected chi connectivity index (χ1v) is 5.91. The minimum atomic E-state index is -0.851. The van der Waals surface area contributed by atoms with Crippen LogP contribution in [0.2, 0.25) is 0 Å². The number of carbonyl (C=O) groups is 1. The van der Waals surface area contributed by atoms with Crippen LogP contribution < -0.4 is 5.73 Å². The Bertz CT molecular complexity index is 275. The number of rotatable bonds is 3. The summed E-state index contributed by atoms with van der Waals surface area (Å²) in [5.41, 5.74) is 6.04. The summed E-state index contributed by atoms with van der Waals surface area (Å²) in [4.78, 5) is 10.7. The van der Waals surface area contributed by atoms with Crippen LogP contribution in [0.1, 0.15) is 39.5 Å². The van der Waals surface area contributed by atoms with Crippen LogP contribution in [0.15, 0.2) is 0 Å². The summed E-state index contributed by atoms with van der Waals surface area (Å²) in [5, 5.41) is 8.82. The van der Waals surface area contributed by atoms with Crippen LogP contribution in [0.25, 0.3) is 0 Å². The van der Waals surface area contributed by atoms with E-state index in [1.54, 1.807) is 0 Å². The van der Waals surface area contributed by atoms with Gasteiger partial charge in [-0.1, -0.05) is 13.8 Å². The molecule has 15 heavy (non-hydrogen) atoms. The summed E-state index contributed by atoms with van der Waals surface area (Å²) in [7, 11) is 0. The van der Waals surface area contributed by atoms with Crippen molar-refractivity contribution in [2.75, 3.05) is 0 Å². The Labute approximate surface area is 91.0 Å². The van der Waals surface area contributed by atoms with Gasteiger partial charge in [0, 0.05) is 0 Å². The van der Waals surface area contributed by atoms with Crippen LogP contribution >= 0.6 is 0 Å². The van der Waals surface area contributed by atoms with Gasteiger partial charge < -0.3 is 10.8 Å². The van der Waals surface area contributed by atoms with Crippen LogP contribution in [0.3, 0.4) is 0 Å². The summed E-state index contributed by atoms with van der Waals surface area (Å²) >= 11 is 0. The summed E-state index contributed by atoms with van der Waals surface area (Å²) < 4.78 is 0. The van der Waals surface area contributed by atoms with Crippen molar-refractivity contribution >= 4 is 5.97 Å². The van der Waals surface area contributed by atoms with Crippen molar-refractivity contribution in [1.29, 1.82) is 0 Å². The Hall–Kier alpha value is -0.570. The van der Waals surface area contributed by atoms with E-state index in [0.717, 1.165) is 5.92 Å². The molecule has 0 aromatic heterocycles. The highest BCUT2D eigenvalue weighted by molar-refractivity contribution is 5.73. The fourth-order valence-corrected chi connectivity index (χ4v) is 3.91. The molecule has 0 saturated heterocycles. The first kappa shape index (κ1) is 10.9. The molecular weight excluding hydrogens is 190 g/mol. The molecule has 2 aliphatic carbocycles. The zero-order valence-electron chi connectivity index (χ0n) is 9.57. The monoisotopic (exact) mass is 211 g/mol. The van der Waals surface area contributed by atoms with Gasteiger partial charge in [-0.15, -0.1) is 0 Å². The van der Waals surface area contributed by atoms with E-state index in [9.17, 15) is 4.79 Å². The summed E-state index contributed by atoms with van der Waals surface area (Å²) in [5.74, 6) is 1.20. The Kier molecular flexibility index (Phi) is 2.53. The van der Waals surface area contributed by atoms with Gasteiger partial charge in [0.2, 0.25) is 0 Å². The minimum absolute atomic E-state index is 0.420. The number of hydrogen-bond acceptors (Lipinski definition) is 2. The van der Waals surface area contributed by atoms with Crippen molar-refractivity contribution in [2.45, 2.75) is 45.6 Å². The third-order valence-corrected chi connectivity index (χ3v) is 4.86. The molecule has 4 unspecified atom stereocenters. The van der Waals surface area contributed by atoms with Gasteiger partial charge in [0.05, 0.1) is 0 Å². The molecular formula is C12H21NO2. The zero-order chi connectivity index (χ0) is 11.2. The Morgan fingerprint density at radius 1 is 1.53 bits per heavy atom. The lowest BCUT2D eigenvalue weighted by Crippen LogP contribution is -2.34. The fraction of sp³-hybridized carbons (Fsp3) is 0.917. The molecule has 0 aromatic rings. The highest BCUT2D eigenvalue weighted by Gasteiger charge is 2.53. The minimum Gasteiger partial charge on any atom is -0.480 e. The maximum absolute atomic E-state index is 10.7. The largest absolute Gasteiger partial charge is 0.480 e. The highest BCUT2D eigenvalue weighted by atomic mass is 16.4. The second-order valence-corrected chi connectivity index (χ2v) is 5.88. The molecule has 0 heterocycles. The van der Waals surface area contributed by atoms with Crippen LogP contribution in [-0.2, 0) is 4.79 Å². The topological polar surface area (TPSA) is 63.3 Å². The molecule has 0 amide bonds. The lowest BCUT2D eigenvalue weighted by atomic mass is 9.78. The van der Waals surface area contributed by atoms with Gasteiger partial charge in [-0.3, -0.25) is 4.79 Å². The van der Waals surface area contributed by atoms with Crippen LogP contribution in [-0.4, -0.2) is 17.1 Å². The standard InChI is InChI=1S/C12H21NO2/c1-12(2)8-3-4-9(12)7(5-8)6-10(13)11(14)15/h7-10H,3-6,13H2,1-2H3,(H,14,15). The van der Waals surface area contributed by atoms with Crippen molar-refractivity contribution in [1.82, 2.24) is 0 Å². The van der Waals surface area contributed by atoms with Gasteiger partial charge in [-0.05, 0) is 48.9 Å². The maximum Gasteiger partial charge on any atom is 0.320 e. The van der Waals surface area contributed by atoms with E-state index in [1.807, 2.05) is 0 Å². The predicted octanol–water partition coefficient (Wildman–Crippen LogP) is 1.86. The number of nitrogens with two attached hydrogens (primary N) is 1. The molecule has 2 fully saturated rings. The molecule has 2 bridgehead atoms. The predicted molar refractivity (Wildman–Crippen MR) is 58.3 cm³/mol. The first-order chi connectivity index (χ1) is 6.93. The number of hydrogen-bond donors (Lipinski definition) is 2. The van der Waals surface area contributed by atoms with Gasteiger partial charge in [0.1, 0.15) is 6.04 Å². The van der Waals surface area contributed by atoms with E-state index in [2.05, 4.69) is 13.8 Å². The average Bonchev–Trinajstić information content (AvgIpc) is 2.54. The molecule has 2 saturated carbocycles. The molecule has 0 spiro atoms. The van der Waals surface area contributed by atoms with Crippen molar-refractivity contribution in [3.63, 3.8) is 0 Å². The van der Waals surface area contributed by atoms with Gasteiger partial charge in [-0.2, -0.15) is 0 Å². The third kappa shape index (κ3) is 1.67. The molecule has 3 heteroatoms. The van der Waals surface area contributed by atoms with Crippen molar-refractivity contribution in [3.8, 4) is 0 Å². The Morgan fingerprint density at radius 3 is 2.60 bits per heavy atom. The SMILES string of the molecule is CC1(C)C2CCC1C(CC(N)C(=O)O)C2. The second-order valence-electron chi connectivity index (χ2n) is 5.88. The van der Waals surface area contributed by atoms with E-state index in [0.29, 0.717) is 23.7 Å². The molecule has 2 rings (SSSR count). The normalized spacial score (nSPS) is 39.3. The fourth-order valence-electron chi connectivity index (χ4n) is 3.91.